The molecule has 1 aromatic heterocycles. The highest BCUT2D eigenvalue weighted by Gasteiger charge is 2.45. The fourth-order valence-corrected chi connectivity index (χ4v) is 3.59. The normalized spacial score (nSPS) is 28.0. The number of hydrogen-bond donors (Lipinski definition) is 2. The molecule has 2 aliphatic heterocycles. The van der Waals surface area contributed by atoms with Gasteiger partial charge in [-0.3, -0.25) is 19.1 Å². The molecule has 0 aromatic carbocycles. The number of esters is 1. The van der Waals surface area contributed by atoms with Gasteiger partial charge in [0.05, 0.1) is 5.41 Å². The first kappa shape index (κ1) is 18.8. The van der Waals surface area contributed by atoms with Crippen LogP contribution in [0.3, 0.4) is 0 Å². The Morgan fingerprint density at radius 2 is 2.12 bits per heavy atom. The molecule has 9 heteroatoms. The van der Waals surface area contributed by atoms with Gasteiger partial charge in [0.2, 0.25) is 5.85 Å². The molecule has 0 spiro atoms. The lowest BCUT2D eigenvalue weighted by Crippen LogP contribution is -2.44. The van der Waals surface area contributed by atoms with Crippen molar-refractivity contribution in [2.75, 3.05) is 19.7 Å². The van der Waals surface area contributed by atoms with E-state index in [2.05, 4.69) is 10.3 Å². The molecule has 2 N–H and O–H groups in total. The number of alkyl halides is 1. The highest BCUT2D eigenvalue weighted by molar-refractivity contribution is 5.77. The monoisotopic (exact) mass is 369 g/mol. The predicted octanol–water partition coefficient (Wildman–Crippen LogP) is 0.834. The third-order valence-corrected chi connectivity index (χ3v) is 5.36. The van der Waals surface area contributed by atoms with Gasteiger partial charge in [0.15, 0.2) is 6.61 Å². The fraction of sp³-hybridized carbons (Fsp3) is 0.706. The average Bonchev–Trinajstić information content (AvgIpc) is 3.02. The van der Waals surface area contributed by atoms with Gasteiger partial charge < -0.3 is 14.8 Å². The number of carbonyl (C=O) groups is 1. The van der Waals surface area contributed by atoms with Crippen LogP contribution in [-0.2, 0) is 14.3 Å². The molecule has 0 aliphatic carbocycles. The van der Waals surface area contributed by atoms with Crippen molar-refractivity contribution in [3.05, 3.63) is 33.1 Å². The molecule has 2 aliphatic rings. The van der Waals surface area contributed by atoms with Crippen LogP contribution in [-0.4, -0.2) is 41.1 Å². The molecule has 0 radical (unpaired) electrons. The third kappa shape index (κ3) is 3.73. The Balaban J connectivity index is 1.62. The highest BCUT2D eigenvalue weighted by atomic mass is 19.2. The standard InChI is InChI=1S/C17H24FN3O5/c1-2-16(6-8-19-9-7-16)14(23)25-11-17(18)5-3-13(26-17)21-10-4-12(22)20-15(21)24/h4,10,13,19H,2-3,5-9,11H2,1H3,(H,20,22,24)/t13-,17+/m1/s1. The van der Waals surface area contributed by atoms with Crippen molar-refractivity contribution in [1.29, 1.82) is 0 Å². The van der Waals surface area contributed by atoms with Crippen LogP contribution in [0.1, 0.15) is 45.3 Å². The van der Waals surface area contributed by atoms with Crippen LogP contribution >= 0.6 is 0 Å². The second kappa shape index (κ2) is 7.32. The molecule has 8 nitrogen and oxygen atoms in total. The number of rotatable bonds is 5. The minimum atomic E-state index is -2.14. The fourth-order valence-electron chi connectivity index (χ4n) is 3.59. The number of aromatic nitrogens is 2. The zero-order valence-corrected chi connectivity index (χ0v) is 14.8. The molecule has 0 amide bonds. The Kier molecular flexibility index (Phi) is 5.29. The third-order valence-electron chi connectivity index (χ3n) is 5.36. The minimum absolute atomic E-state index is 0.00278. The summed E-state index contributed by atoms with van der Waals surface area (Å²) in [5.41, 5.74) is -1.77. The van der Waals surface area contributed by atoms with Crippen LogP contribution in [0.5, 0.6) is 0 Å². The Bertz CT molecular complexity index is 770. The number of piperidine rings is 1. The van der Waals surface area contributed by atoms with Gasteiger partial charge in [0, 0.05) is 18.7 Å². The number of aromatic amines is 1. The number of H-pyrrole nitrogens is 1. The van der Waals surface area contributed by atoms with Crippen molar-refractivity contribution in [2.45, 2.75) is 51.1 Å². The van der Waals surface area contributed by atoms with Crippen molar-refractivity contribution < 1.29 is 18.7 Å². The molecule has 2 fully saturated rings. The van der Waals surface area contributed by atoms with E-state index in [4.69, 9.17) is 9.47 Å². The molecule has 3 heterocycles. The number of ether oxygens (including phenoxy) is 2. The maximum absolute atomic E-state index is 14.9. The summed E-state index contributed by atoms with van der Waals surface area (Å²) in [6, 6.07) is 1.17. The second-order valence-corrected chi connectivity index (χ2v) is 6.97. The number of nitrogens with one attached hydrogen (secondary N) is 2. The van der Waals surface area contributed by atoms with E-state index in [9.17, 15) is 18.8 Å². The first-order chi connectivity index (χ1) is 12.4. The zero-order chi connectivity index (χ0) is 18.8. The molecule has 26 heavy (non-hydrogen) atoms. The van der Waals surface area contributed by atoms with E-state index < -0.39 is 41.3 Å². The van der Waals surface area contributed by atoms with Crippen molar-refractivity contribution in [3.8, 4) is 0 Å². The summed E-state index contributed by atoms with van der Waals surface area (Å²) in [5.74, 6) is -2.54. The van der Waals surface area contributed by atoms with E-state index in [-0.39, 0.29) is 12.8 Å². The summed E-state index contributed by atoms with van der Waals surface area (Å²) in [4.78, 5) is 37.6. The molecular weight excluding hydrogens is 345 g/mol. The topological polar surface area (TPSA) is 102 Å². The van der Waals surface area contributed by atoms with Gasteiger partial charge in [-0.1, -0.05) is 6.92 Å². The highest BCUT2D eigenvalue weighted by Crippen LogP contribution is 2.39. The number of nitrogens with zero attached hydrogens (tertiary/aromatic N) is 1. The van der Waals surface area contributed by atoms with E-state index in [1.54, 1.807) is 0 Å². The lowest BCUT2D eigenvalue weighted by Gasteiger charge is -2.35. The SMILES string of the molecule is CCC1(C(=O)OC[C@]2(F)CC[C@H](n3ccc(=O)[nH]c3=O)O2)CCNCC1. The largest absolute Gasteiger partial charge is 0.459 e. The van der Waals surface area contributed by atoms with Crippen LogP contribution in [0.25, 0.3) is 0 Å². The van der Waals surface area contributed by atoms with Crippen molar-refractivity contribution >= 4 is 5.97 Å². The van der Waals surface area contributed by atoms with Crippen LogP contribution in [0.4, 0.5) is 4.39 Å². The smallest absolute Gasteiger partial charge is 0.330 e. The average molecular weight is 369 g/mol. The molecule has 2 saturated heterocycles. The molecule has 144 valence electrons. The summed E-state index contributed by atoms with van der Waals surface area (Å²) in [6.07, 6.45) is 2.63. The lowest BCUT2D eigenvalue weighted by atomic mass is 9.77. The van der Waals surface area contributed by atoms with E-state index in [1.807, 2.05) is 6.92 Å². The molecule has 3 rings (SSSR count). The van der Waals surface area contributed by atoms with E-state index in [1.165, 1.54) is 12.3 Å². The number of carbonyl (C=O) groups excluding carboxylic acids is 1. The maximum Gasteiger partial charge on any atom is 0.330 e. The van der Waals surface area contributed by atoms with E-state index in [0.717, 1.165) is 17.7 Å². The van der Waals surface area contributed by atoms with Gasteiger partial charge in [0.1, 0.15) is 6.23 Å². The Labute approximate surface area is 149 Å². The lowest BCUT2D eigenvalue weighted by molar-refractivity contribution is -0.200. The van der Waals surface area contributed by atoms with Crippen molar-refractivity contribution in [2.24, 2.45) is 5.41 Å². The van der Waals surface area contributed by atoms with Crippen molar-refractivity contribution in [3.63, 3.8) is 0 Å². The van der Waals surface area contributed by atoms with Gasteiger partial charge in [-0.05, 0) is 38.8 Å². The Hall–Kier alpha value is -2.00. The molecule has 0 saturated carbocycles. The Morgan fingerprint density at radius 1 is 1.38 bits per heavy atom. The summed E-state index contributed by atoms with van der Waals surface area (Å²) >= 11 is 0. The van der Waals surface area contributed by atoms with Gasteiger partial charge in [-0.15, -0.1) is 0 Å². The second-order valence-electron chi connectivity index (χ2n) is 6.97. The minimum Gasteiger partial charge on any atom is -0.459 e. The summed E-state index contributed by atoms with van der Waals surface area (Å²) < 4.78 is 26.7. The van der Waals surface area contributed by atoms with Crippen LogP contribution in [0.15, 0.2) is 21.9 Å². The molecule has 1 aromatic rings. The number of hydrogen-bond acceptors (Lipinski definition) is 6. The van der Waals surface area contributed by atoms with Crippen LogP contribution in [0, 0.1) is 5.41 Å². The van der Waals surface area contributed by atoms with Gasteiger partial charge in [0.25, 0.3) is 5.56 Å². The molecule has 0 bridgehead atoms. The summed E-state index contributed by atoms with van der Waals surface area (Å²) in [5, 5.41) is 3.20. The zero-order valence-electron chi connectivity index (χ0n) is 14.8. The quantitative estimate of drug-likeness (QED) is 0.746. The predicted molar refractivity (Wildman–Crippen MR) is 90.3 cm³/mol. The van der Waals surface area contributed by atoms with E-state index >= 15 is 0 Å². The van der Waals surface area contributed by atoms with Crippen LogP contribution < -0.4 is 16.6 Å². The molecule has 2 atom stereocenters. The van der Waals surface area contributed by atoms with Crippen LogP contribution in [0.2, 0.25) is 0 Å². The first-order valence-electron chi connectivity index (χ1n) is 8.94. The van der Waals surface area contributed by atoms with Gasteiger partial charge in [-0.2, -0.15) is 0 Å². The summed E-state index contributed by atoms with van der Waals surface area (Å²) in [7, 11) is 0. The molecule has 0 unspecified atom stereocenters. The van der Waals surface area contributed by atoms with Crippen molar-refractivity contribution in [1.82, 2.24) is 14.9 Å². The summed E-state index contributed by atoms with van der Waals surface area (Å²) in [6.45, 7) is 2.90. The molecular formula is C17H24FN3O5. The number of halogens is 1. The Morgan fingerprint density at radius 3 is 2.77 bits per heavy atom. The first-order valence-corrected chi connectivity index (χ1v) is 8.94. The van der Waals surface area contributed by atoms with Gasteiger partial charge in [-0.25, -0.2) is 9.18 Å². The van der Waals surface area contributed by atoms with E-state index in [0.29, 0.717) is 19.3 Å². The maximum atomic E-state index is 14.9. The van der Waals surface area contributed by atoms with Gasteiger partial charge >= 0.3 is 11.7 Å².